The topological polar surface area (TPSA) is 94.7 Å². The molecule has 8 heteroatoms. The molecule has 0 bridgehead atoms. The first kappa shape index (κ1) is 27.1. The quantitative estimate of drug-likeness (QED) is 0.206. The number of hydrogen-bond donors (Lipinski definition) is 4. The predicted molar refractivity (Wildman–Crippen MR) is 158 cm³/mol. The molecule has 39 heavy (non-hydrogen) atoms. The first-order chi connectivity index (χ1) is 18.9. The van der Waals surface area contributed by atoms with Crippen molar-refractivity contribution in [3.05, 3.63) is 114 Å². The molecular weight excluding hydrogens is 490 g/mol. The van der Waals surface area contributed by atoms with Crippen LogP contribution in [0, 0.1) is 0 Å². The van der Waals surface area contributed by atoms with Gasteiger partial charge in [-0.1, -0.05) is 42.5 Å². The molecule has 8 nitrogen and oxygen atoms in total. The molecule has 200 valence electrons. The summed E-state index contributed by atoms with van der Waals surface area (Å²) < 4.78 is 5.51. The normalized spacial score (nSPS) is 10.3. The zero-order chi connectivity index (χ0) is 27.6. The van der Waals surface area contributed by atoms with E-state index in [0.29, 0.717) is 35.8 Å². The minimum Gasteiger partial charge on any atom is -0.496 e. The fraction of sp³-hybridized carbons (Fsp3) is 0.161. The highest BCUT2D eigenvalue weighted by Crippen LogP contribution is 2.23. The van der Waals surface area contributed by atoms with Gasteiger partial charge in [-0.15, -0.1) is 0 Å². The molecule has 0 saturated heterocycles. The van der Waals surface area contributed by atoms with Crippen LogP contribution in [0.25, 0.3) is 0 Å². The Bertz CT molecular complexity index is 1420. The fourth-order valence-electron chi connectivity index (χ4n) is 4.00. The van der Waals surface area contributed by atoms with E-state index in [-0.39, 0.29) is 11.9 Å². The zero-order valence-electron chi connectivity index (χ0n) is 22.3. The maximum absolute atomic E-state index is 12.8. The Kier molecular flexibility index (Phi) is 9.03. The highest BCUT2D eigenvalue weighted by atomic mass is 16.5. The van der Waals surface area contributed by atoms with Gasteiger partial charge in [0.1, 0.15) is 5.75 Å². The molecular formula is C31H33N5O3. The van der Waals surface area contributed by atoms with Crippen molar-refractivity contribution in [1.29, 1.82) is 0 Å². The Morgan fingerprint density at radius 3 is 2.15 bits per heavy atom. The first-order valence-electron chi connectivity index (χ1n) is 12.6. The van der Waals surface area contributed by atoms with Crippen LogP contribution in [0.3, 0.4) is 0 Å². The summed E-state index contributed by atoms with van der Waals surface area (Å²) in [5.41, 5.74) is 5.56. The van der Waals surface area contributed by atoms with Gasteiger partial charge in [0.25, 0.3) is 5.91 Å². The van der Waals surface area contributed by atoms with Gasteiger partial charge in [0.15, 0.2) is 0 Å². The van der Waals surface area contributed by atoms with E-state index in [2.05, 4.69) is 21.3 Å². The molecule has 0 spiro atoms. The van der Waals surface area contributed by atoms with Crippen LogP contribution in [-0.4, -0.2) is 33.1 Å². The Labute approximate surface area is 229 Å². The number of amides is 3. The summed E-state index contributed by atoms with van der Waals surface area (Å²) in [5, 5.41) is 12.0. The summed E-state index contributed by atoms with van der Waals surface area (Å²) in [6, 6.07) is 29.8. The van der Waals surface area contributed by atoms with E-state index in [0.717, 1.165) is 22.5 Å². The number of urea groups is 1. The maximum Gasteiger partial charge on any atom is 0.323 e. The SMILES string of the molecule is COc1ccc(C(=O)NCc2ccccc2)cc1CNc1cccc(NC(=O)Nc2cccc(N(C)C)c2)c1. The molecule has 4 rings (SSSR count). The van der Waals surface area contributed by atoms with Crippen LogP contribution < -0.4 is 30.9 Å². The Hall–Kier alpha value is -4.98. The van der Waals surface area contributed by atoms with Crippen LogP contribution >= 0.6 is 0 Å². The van der Waals surface area contributed by atoms with Crippen LogP contribution in [0.1, 0.15) is 21.5 Å². The molecule has 0 fully saturated rings. The van der Waals surface area contributed by atoms with Crippen LogP contribution in [0.4, 0.5) is 27.5 Å². The molecule has 0 aliphatic heterocycles. The number of nitrogens with zero attached hydrogens (tertiary/aromatic N) is 1. The third kappa shape index (κ3) is 7.75. The lowest BCUT2D eigenvalue weighted by atomic mass is 10.1. The number of anilines is 4. The lowest BCUT2D eigenvalue weighted by molar-refractivity contribution is 0.0950. The third-order valence-electron chi connectivity index (χ3n) is 6.06. The second-order valence-corrected chi connectivity index (χ2v) is 9.15. The van der Waals surface area contributed by atoms with E-state index < -0.39 is 0 Å². The van der Waals surface area contributed by atoms with Gasteiger partial charge in [-0.05, 0) is 60.2 Å². The molecule has 4 N–H and O–H groups in total. The number of carbonyl (C=O) groups is 2. The predicted octanol–water partition coefficient (Wildman–Crippen LogP) is 5.95. The van der Waals surface area contributed by atoms with Crippen molar-refractivity contribution in [2.24, 2.45) is 0 Å². The van der Waals surface area contributed by atoms with Gasteiger partial charge in [-0.3, -0.25) is 4.79 Å². The molecule has 0 atom stereocenters. The summed E-state index contributed by atoms with van der Waals surface area (Å²) in [7, 11) is 5.50. The molecule has 0 aromatic heterocycles. The summed E-state index contributed by atoms with van der Waals surface area (Å²) in [4.78, 5) is 27.3. The highest BCUT2D eigenvalue weighted by molar-refractivity contribution is 6.00. The van der Waals surface area contributed by atoms with Gasteiger partial charge >= 0.3 is 6.03 Å². The average Bonchev–Trinajstić information content (AvgIpc) is 2.95. The second-order valence-electron chi connectivity index (χ2n) is 9.15. The number of hydrogen-bond acceptors (Lipinski definition) is 5. The largest absolute Gasteiger partial charge is 0.496 e. The van der Waals surface area contributed by atoms with Crippen LogP contribution in [0.15, 0.2) is 97.1 Å². The summed E-state index contributed by atoms with van der Waals surface area (Å²) in [5.74, 6) is 0.520. The number of nitrogens with one attached hydrogen (secondary N) is 4. The number of benzene rings is 4. The fourth-order valence-corrected chi connectivity index (χ4v) is 4.00. The van der Waals surface area contributed by atoms with Crippen molar-refractivity contribution < 1.29 is 14.3 Å². The standard InChI is InChI=1S/C31H33N5O3/c1-36(2)28-14-8-13-27(19-28)35-31(38)34-26-12-7-11-25(18-26)32-21-24-17-23(15-16-29(24)39-3)30(37)33-20-22-9-5-4-6-10-22/h4-19,32H,20-21H2,1-3H3,(H,33,37)(H2,34,35,38). The zero-order valence-corrected chi connectivity index (χ0v) is 22.3. The monoisotopic (exact) mass is 523 g/mol. The van der Waals surface area contributed by atoms with Crippen LogP contribution in [-0.2, 0) is 13.1 Å². The molecule has 0 radical (unpaired) electrons. The number of ether oxygens (including phenoxy) is 1. The molecule has 0 unspecified atom stereocenters. The van der Waals surface area contributed by atoms with Crippen LogP contribution in [0.5, 0.6) is 5.75 Å². The molecule has 0 aliphatic rings. The number of carbonyl (C=O) groups excluding carboxylic acids is 2. The van der Waals surface area contributed by atoms with Gasteiger partial charge in [-0.25, -0.2) is 4.79 Å². The molecule has 0 saturated carbocycles. The van der Waals surface area contributed by atoms with Gasteiger partial charge in [0.2, 0.25) is 0 Å². The van der Waals surface area contributed by atoms with E-state index in [1.165, 1.54) is 0 Å². The molecule has 4 aromatic carbocycles. The third-order valence-corrected chi connectivity index (χ3v) is 6.06. The van der Waals surface area contributed by atoms with Crippen molar-refractivity contribution in [2.75, 3.05) is 42.1 Å². The van der Waals surface area contributed by atoms with Crippen molar-refractivity contribution in [1.82, 2.24) is 5.32 Å². The smallest absolute Gasteiger partial charge is 0.323 e. The van der Waals surface area contributed by atoms with E-state index >= 15 is 0 Å². The molecule has 3 amide bonds. The molecule has 4 aromatic rings. The van der Waals surface area contributed by atoms with Crippen molar-refractivity contribution >= 4 is 34.7 Å². The van der Waals surface area contributed by atoms with Crippen LogP contribution in [0.2, 0.25) is 0 Å². The second kappa shape index (κ2) is 13.0. The van der Waals surface area contributed by atoms with E-state index in [1.807, 2.05) is 104 Å². The van der Waals surface area contributed by atoms with Gasteiger partial charge in [0.05, 0.1) is 7.11 Å². The maximum atomic E-state index is 12.8. The number of methoxy groups -OCH3 is 1. The Morgan fingerprint density at radius 1 is 0.744 bits per heavy atom. The Morgan fingerprint density at radius 2 is 1.44 bits per heavy atom. The lowest BCUT2D eigenvalue weighted by Crippen LogP contribution is -2.23. The minimum atomic E-state index is -0.334. The van der Waals surface area contributed by atoms with Crippen molar-refractivity contribution in [3.8, 4) is 5.75 Å². The lowest BCUT2D eigenvalue weighted by Gasteiger charge is -2.15. The summed E-state index contributed by atoms with van der Waals surface area (Å²) >= 11 is 0. The van der Waals surface area contributed by atoms with E-state index in [9.17, 15) is 9.59 Å². The summed E-state index contributed by atoms with van der Waals surface area (Å²) in [6.45, 7) is 0.879. The number of rotatable bonds is 10. The van der Waals surface area contributed by atoms with Gasteiger partial charge < -0.3 is 30.9 Å². The first-order valence-corrected chi connectivity index (χ1v) is 12.6. The molecule has 0 aliphatic carbocycles. The van der Waals surface area contributed by atoms with Gasteiger partial charge in [-0.2, -0.15) is 0 Å². The van der Waals surface area contributed by atoms with Gasteiger partial charge in [0, 0.05) is 61.1 Å². The van der Waals surface area contributed by atoms with Crippen molar-refractivity contribution in [3.63, 3.8) is 0 Å². The molecule has 0 heterocycles. The Balaban J connectivity index is 1.37. The minimum absolute atomic E-state index is 0.156. The highest BCUT2D eigenvalue weighted by Gasteiger charge is 2.11. The average molecular weight is 524 g/mol. The van der Waals surface area contributed by atoms with E-state index in [4.69, 9.17) is 4.74 Å². The summed E-state index contributed by atoms with van der Waals surface area (Å²) in [6.07, 6.45) is 0. The van der Waals surface area contributed by atoms with Crippen molar-refractivity contribution in [2.45, 2.75) is 13.1 Å². The van der Waals surface area contributed by atoms with E-state index in [1.54, 1.807) is 19.2 Å².